The number of nitrogens with zero attached hydrogens (tertiary/aromatic N) is 1. The molecule has 1 N–H and O–H groups in total. The molecule has 5 nitrogen and oxygen atoms in total. The van der Waals surface area contributed by atoms with Crippen LogP contribution in [0, 0.1) is 6.92 Å². The normalized spacial score (nSPS) is 12.0. The van der Waals surface area contributed by atoms with Gasteiger partial charge in [-0.2, -0.15) is 0 Å². The number of rotatable bonds is 10. The van der Waals surface area contributed by atoms with Gasteiger partial charge in [0.1, 0.15) is 11.8 Å². The van der Waals surface area contributed by atoms with Gasteiger partial charge in [0.15, 0.2) is 6.61 Å². The first-order valence-corrected chi connectivity index (χ1v) is 12.6. The van der Waals surface area contributed by atoms with Crippen LogP contribution < -0.4 is 10.1 Å². The first-order valence-electron chi connectivity index (χ1n) is 12.6. The van der Waals surface area contributed by atoms with Crippen molar-refractivity contribution in [3.8, 4) is 5.75 Å². The Morgan fingerprint density at radius 1 is 0.889 bits per heavy atom. The predicted molar refractivity (Wildman–Crippen MR) is 145 cm³/mol. The zero-order chi connectivity index (χ0) is 26.1. The minimum Gasteiger partial charge on any atom is -0.484 e. The summed E-state index contributed by atoms with van der Waals surface area (Å²) in [7, 11) is 0. The number of nitrogens with one attached hydrogen (secondary N) is 1. The highest BCUT2D eigenvalue weighted by Crippen LogP contribution is 2.24. The van der Waals surface area contributed by atoms with E-state index in [2.05, 4.69) is 26.1 Å². The van der Waals surface area contributed by atoms with Crippen LogP contribution in [0.1, 0.15) is 49.9 Å². The average molecular weight is 487 g/mol. The van der Waals surface area contributed by atoms with E-state index in [4.69, 9.17) is 4.74 Å². The molecule has 3 aromatic carbocycles. The van der Waals surface area contributed by atoms with Crippen LogP contribution in [0.3, 0.4) is 0 Å². The molecular formula is C31H38N2O3. The summed E-state index contributed by atoms with van der Waals surface area (Å²) in [5, 5.41) is 2.92. The number of ether oxygens (including phenoxy) is 1. The van der Waals surface area contributed by atoms with Gasteiger partial charge in [0, 0.05) is 19.5 Å². The number of amides is 2. The molecule has 36 heavy (non-hydrogen) atoms. The first-order chi connectivity index (χ1) is 17.2. The van der Waals surface area contributed by atoms with E-state index in [0.29, 0.717) is 25.3 Å². The fraction of sp³-hybridized carbons (Fsp3) is 0.355. The maximum absolute atomic E-state index is 13.6. The first kappa shape index (κ1) is 27.0. The molecule has 190 valence electrons. The lowest BCUT2D eigenvalue weighted by Crippen LogP contribution is -2.51. The number of hydrogen-bond acceptors (Lipinski definition) is 3. The Labute approximate surface area is 215 Å². The lowest BCUT2D eigenvalue weighted by molar-refractivity contribution is -0.142. The molecule has 0 heterocycles. The molecule has 0 fully saturated rings. The molecule has 2 amide bonds. The highest BCUT2D eigenvalue weighted by Gasteiger charge is 2.30. The van der Waals surface area contributed by atoms with Crippen molar-refractivity contribution in [3.05, 3.63) is 101 Å². The summed E-state index contributed by atoms with van der Waals surface area (Å²) in [5.74, 6) is 0.225. The monoisotopic (exact) mass is 486 g/mol. The van der Waals surface area contributed by atoms with Crippen LogP contribution in [0.2, 0.25) is 0 Å². The van der Waals surface area contributed by atoms with E-state index in [1.54, 1.807) is 4.90 Å². The molecule has 0 saturated carbocycles. The Hall–Kier alpha value is -3.60. The smallest absolute Gasteiger partial charge is 0.261 e. The Morgan fingerprint density at radius 2 is 1.53 bits per heavy atom. The van der Waals surface area contributed by atoms with Crippen molar-refractivity contribution in [2.45, 2.75) is 59.0 Å². The fourth-order valence-electron chi connectivity index (χ4n) is 4.02. The van der Waals surface area contributed by atoms with Crippen LogP contribution in [-0.4, -0.2) is 35.9 Å². The van der Waals surface area contributed by atoms with Crippen LogP contribution in [0.25, 0.3) is 0 Å². The zero-order valence-electron chi connectivity index (χ0n) is 22.1. The molecule has 0 aliphatic rings. The lowest BCUT2D eigenvalue weighted by Gasteiger charge is -2.31. The van der Waals surface area contributed by atoms with E-state index < -0.39 is 6.04 Å². The summed E-state index contributed by atoms with van der Waals surface area (Å²) in [6.07, 6.45) is 0.421. The number of benzene rings is 3. The molecule has 0 saturated heterocycles. The van der Waals surface area contributed by atoms with Gasteiger partial charge in [0.05, 0.1) is 0 Å². The molecule has 3 rings (SSSR count). The van der Waals surface area contributed by atoms with Crippen LogP contribution in [0.4, 0.5) is 0 Å². The highest BCUT2D eigenvalue weighted by atomic mass is 16.5. The molecule has 0 aromatic heterocycles. The fourth-order valence-corrected chi connectivity index (χ4v) is 4.02. The van der Waals surface area contributed by atoms with Gasteiger partial charge in [0.2, 0.25) is 5.91 Å². The lowest BCUT2D eigenvalue weighted by atomic mass is 9.87. The van der Waals surface area contributed by atoms with Gasteiger partial charge < -0.3 is 15.0 Å². The van der Waals surface area contributed by atoms with E-state index in [1.165, 1.54) is 5.56 Å². The second kappa shape index (κ2) is 12.4. The maximum atomic E-state index is 13.6. The van der Waals surface area contributed by atoms with E-state index in [1.807, 2.05) is 92.7 Å². The van der Waals surface area contributed by atoms with Crippen molar-refractivity contribution in [1.29, 1.82) is 0 Å². The molecule has 0 spiro atoms. The molecule has 3 aromatic rings. The molecule has 1 atom stereocenters. The molecule has 0 bridgehead atoms. The third-order valence-corrected chi connectivity index (χ3v) is 6.18. The Balaban J connectivity index is 1.85. The minimum atomic E-state index is -0.659. The van der Waals surface area contributed by atoms with Crippen LogP contribution in [0.15, 0.2) is 78.9 Å². The van der Waals surface area contributed by atoms with Crippen molar-refractivity contribution in [3.63, 3.8) is 0 Å². The van der Waals surface area contributed by atoms with E-state index in [9.17, 15) is 9.59 Å². The van der Waals surface area contributed by atoms with E-state index in [0.717, 1.165) is 16.7 Å². The van der Waals surface area contributed by atoms with E-state index in [-0.39, 0.29) is 23.8 Å². The Morgan fingerprint density at radius 3 is 2.11 bits per heavy atom. The topological polar surface area (TPSA) is 58.6 Å². The van der Waals surface area contributed by atoms with E-state index >= 15 is 0 Å². The summed E-state index contributed by atoms with van der Waals surface area (Å²) >= 11 is 0. The summed E-state index contributed by atoms with van der Waals surface area (Å²) in [6, 6.07) is 25.0. The minimum absolute atomic E-state index is 0.0382. The zero-order valence-corrected chi connectivity index (χ0v) is 22.1. The van der Waals surface area contributed by atoms with Crippen molar-refractivity contribution in [1.82, 2.24) is 10.2 Å². The summed E-state index contributed by atoms with van der Waals surface area (Å²) in [5.41, 5.74) is 4.33. The van der Waals surface area contributed by atoms with Gasteiger partial charge in [-0.1, -0.05) is 93.1 Å². The van der Waals surface area contributed by atoms with Crippen LogP contribution in [0.5, 0.6) is 5.75 Å². The second-order valence-electron chi connectivity index (χ2n) is 10.2. The summed E-state index contributed by atoms with van der Waals surface area (Å²) in [4.78, 5) is 28.4. The Kier molecular flexibility index (Phi) is 9.29. The number of aryl methyl sites for hydroxylation is 1. The molecule has 0 aliphatic heterocycles. The molecular weight excluding hydrogens is 448 g/mol. The third kappa shape index (κ3) is 7.70. The number of likely N-dealkylation sites (N-methyl/N-ethyl adjacent to an activating group) is 1. The van der Waals surface area contributed by atoms with Crippen molar-refractivity contribution in [2.24, 2.45) is 0 Å². The van der Waals surface area contributed by atoms with Gasteiger partial charge in [-0.05, 0) is 48.1 Å². The highest BCUT2D eigenvalue weighted by molar-refractivity contribution is 5.88. The third-order valence-electron chi connectivity index (χ3n) is 6.18. The SMILES string of the molecule is CCNC(=O)[C@H](Cc1ccccc1)N(Cc1ccc(C)cc1)C(=O)COc1ccc(C(C)(C)C)cc1. The summed E-state index contributed by atoms with van der Waals surface area (Å²) in [6.45, 7) is 11.0. The standard InChI is InChI=1S/C31H38N2O3/c1-6-32-30(35)28(20-24-10-8-7-9-11-24)33(21-25-14-12-23(2)13-15-25)29(34)22-36-27-18-16-26(17-19-27)31(3,4)5/h7-19,28H,6,20-22H2,1-5H3,(H,32,35)/t28-/m0/s1. The van der Waals surface area contributed by atoms with Crippen LogP contribution in [-0.2, 0) is 28.0 Å². The number of hydrogen-bond donors (Lipinski definition) is 1. The average Bonchev–Trinajstić information content (AvgIpc) is 2.86. The Bertz CT molecular complexity index is 1120. The number of carbonyl (C=O) groups excluding carboxylic acids is 2. The largest absolute Gasteiger partial charge is 0.484 e. The molecule has 0 radical (unpaired) electrons. The van der Waals surface area contributed by atoms with Gasteiger partial charge in [-0.3, -0.25) is 9.59 Å². The second-order valence-corrected chi connectivity index (χ2v) is 10.2. The van der Waals surface area contributed by atoms with Gasteiger partial charge in [-0.15, -0.1) is 0 Å². The van der Waals surface area contributed by atoms with Gasteiger partial charge >= 0.3 is 0 Å². The van der Waals surface area contributed by atoms with Crippen molar-refractivity contribution in [2.75, 3.05) is 13.2 Å². The summed E-state index contributed by atoms with van der Waals surface area (Å²) < 4.78 is 5.89. The molecule has 5 heteroatoms. The van der Waals surface area contributed by atoms with Gasteiger partial charge in [0.25, 0.3) is 5.91 Å². The molecule has 0 unspecified atom stereocenters. The molecule has 0 aliphatic carbocycles. The predicted octanol–water partition coefficient (Wildman–Crippen LogP) is 5.45. The van der Waals surface area contributed by atoms with Gasteiger partial charge in [-0.25, -0.2) is 0 Å². The van der Waals surface area contributed by atoms with Crippen LogP contribution >= 0.6 is 0 Å². The van der Waals surface area contributed by atoms with Crippen molar-refractivity contribution >= 4 is 11.8 Å². The van der Waals surface area contributed by atoms with Crippen molar-refractivity contribution < 1.29 is 14.3 Å². The number of carbonyl (C=O) groups is 2. The quantitative estimate of drug-likeness (QED) is 0.415. The maximum Gasteiger partial charge on any atom is 0.261 e.